The minimum Gasteiger partial charge on any atom is -0.319 e. The molecule has 1 atom stereocenters. The highest BCUT2D eigenvalue weighted by molar-refractivity contribution is 9.10. The van der Waals surface area contributed by atoms with Crippen molar-refractivity contribution < 1.29 is 0 Å². The van der Waals surface area contributed by atoms with E-state index >= 15 is 0 Å². The van der Waals surface area contributed by atoms with E-state index in [2.05, 4.69) is 63.7 Å². The van der Waals surface area contributed by atoms with Gasteiger partial charge in [0.25, 0.3) is 0 Å². The molecule has 21 heavy (non-hydrogen) atoms. The van der Waals surface area contributed by atoms with E-state index in [0.29, 0.717) is 5.92 Å². The second kappa shape index (κ2) is 6.76. The van der Waals surface area contributed by atoms with Crippen LogP contribution in [0.3, 0.4) is 0 Å². The van der Waals surface area contributed by atoms with E-state index in [9.17, 15) is 0 Å². The smallest absolute Gasteiger partial charge is 0.0178 e. The number of rotatable bonds is 5. The molecule has 0 radical (unpaired) electrons. The van der Waals surface area contributed by atoms with Gasteiger partial charge in [-0.2, -0.15) is 0 Å². The number of nitrogens with one attached hydrogen (secondary N) is 1. The van der Waals surface area contributed by atoms with Gasteiger partial charge in [0, 0.05) is 16.9 Å². The van der Waals surface area contributed by atoms with Gasteiger partial charge in [0.2, 0.25) is 0 Å². The standard InChI is InChI=1S/C19H22BrN/c1-21-13-18(17-6-3-7-19(20)12-17)11-14-8-9-15-4-2-5-16(15)10-14/h3,6-10,12,18,21H,2,4-5,11,13H2,1H3. The predicted molar refractivity (Wildman–Crippen MR) is 93.0 cm³/mol. The van der Waals surface area contributed by atoms with E-state index in [4.69, 9.17) is 0 Å². The summed E-state index contributed by atoms with van der Waals surface area (Å²) in [5.41, 5.74) is 6.01. The number of aryl methyl sites for hydroxylation is 2. The Bertz CT molecular complexity index is 621. The molecular weight excluding hydrogens is 322 g/mol. The second-order valence-electron chi connectivity index (χ2n) is 5.97. The molecule has 110 valence electrons. The highest BCUT2D eigenvalue weighted by Crippen LogP contribution is 2.27. The number of benzene rings is 2. The van der Waals surface area contributed by atoms with E-state index in [0.717, 1.165) is 17.4 Å². The van der Waals surface area contributed by atoms with Gasteiger partial charge >= 0.3 is 0 Å². The summed E-state index contributed by atoms with van der Waals surface area (Å²) in [6.45, 7) is 1.01. The normalized spacial score (nSPS) is 15.0. The summed E-state index contributed by atoms with van der Waals surface area (Å²) < 4.78 is 1.16. The van der Waals surface area contributed by atoms with Crippen LogP contribution in [0.5, 0.6) is 0 Å². The van der Waals surface area contributed by atoms with Crippen molar-refractivity contribution in [3.8, 4) is 0 Å². The van der Waals surface area contributed by atoms with Crippen LogP contribution in [0.2, 0.25) is 0 Å². The second-order valence-corrected chi connectivity index (χ2v) is 6.89. The molecule has 0 saturated carbocycles. The topological polar surface area (TPSA) is 12.0 Å². The SMILES string of the molecule is CNCC(Cc1ccc2c(c1)CCC2)c1cccc(Br)c1. The maximum absolute atomic E-state index is 3.59. The molecule has 0 bridgehead atoms. The average molecular weight is 344 g/mol. The first kappa shape index (κ1) is 14.8. The fourth-order valence-corrected chi connectivity index (χ4v) is 3.77. The number of likely N-dealkylation sites (N-methyl/N-ethyl adjacent to an activating group) is 1. The maximum Gasteiger partial charge on any atom is 0.0178 e. The van der Waals surface area contributed by atoms with Crippen molar-refractivity contribution >= 4 is 15.9 Å². The van der Waals surface area contributed by atoms with Crippen LogP contribution in [0.4, 0.5) is 0 Å². The Morgan fingerprint density at radius 3 is 2.76 bits per heavy atom. The largest absolute Gasteiger partial charge is 0.319 e. The average Bonchev–Trinajstić information content (AvgIpc) is 2.94. The summed E-state index contributed by atoms with van der Waals surface area (Å²) in [5.74, 6) is 0.520. The van der Waals surface area contributed by atoms with Crippen molar-refractivity contribution in [2.45, 2.75) is 31.6 Å². The quantitative estimate of drug-likeness (QED) is 0.843. The van der Waals surface area contributed by atoms with Crippen LogP contribution in [0.1, 0.15) is 34.6 Å². The monoisotopic (exact) mass is 343 g/mol. The van der Waals surface area contributed by atoms with Crippen LogP contribution in [0, 0.1) is 0 Å². The van der Waals surface area contributed by atoms with Crippen molar-refractivity contribution in [1.29, 1.82) is 0 Å². The number of hydrogen-bond acceptors (Lipinski definition) is 1. The van der Waals surface area contributed by atoms with Crippen molar-refractivity contribution in [2.24, 2.45) is 0 Å². The lowest BCUT2D eigenvalue weighted by Gasteiger charge is -2.18. The van der Waals surface area contributed by atoms with Gasteiger partial charge in [-0.1, -0.05) is 46.3 Å². The molecule has 0 aromatic heterocycles. The van der Waals surface area contributed by atoms with Gasteiger partial charge in [-0.15, -0.1) is 0 Å². The van der Waals surface area contributed by atoms with Gasteiger partial charge in [-0.3, -0.25) is 0 Å². The molecule has 1 aliphatic rings. The molecule has 1 nitrogen and oxygen atoms in total. The van der Waals surface area contributed by atoms with Crippen LogP contribution in [0.25, 0.3) is 0 Å². The molecule has 3 rings (SSSR count). The van der Waals surface area contributed by atoms with Crippen molar-refractivity contribution in [3.05, 3.63) is 69.2 Å². The van der Waals surface area contributed by atoms with Crippen molar-refractivity contribution in [2.75, 3.05) is 13.6 Å². The molecule has 1 N–H and O–H groups in total. The molecule has 0 amide bonds. The summed E-state index contributed by atoms with van der Waals surface area (Å²) in [6.07, 6.45) is 4.95. The molecule has 0 spiro atoms. The summed E-state index contributed by atoms with van der Waals surface area (Å²) in [4.78, 5) is 0. The summed E-state index contributed by atoms with van der Waals surface area (Å²) in [6, 6.07) is 15.8. The Kier molecular flexibility index (Phi) is 4.77. The first-order chi connectivity index (χ1) is 10.3. The highest BCUT2D eigenvalue weighted by Gasteiger charge is 2.15. The zero-order valence-corrected chi connectivity index (χ0v) is 14.1. The summed E-state index contributed by atoms with van der Waals surface area (Å²) in [5, 5.41) is 3.34. The third-order valence-electron chi connectivity index (χ3n) is 4.42. The maximum atomic E-state index is 3.59. The fraction of sp³-hybridized carbons (Fsp3) is 0.368. The Balaban J connectivity index is 1.82. The molecular formula is C19H22BrN. The third kappa shape index (κ3) is 3.56. The van der Waals surface area contributed by atoms with Crippen LogP contribution in [-0.2, 0) is 19.3 Å². The van der Waals surface area contributed by atoms with Gasteiger partial charge in [-0.25, -0.2) is 0 Å². The predicted octanol–water partition coefficient (Wildman–Crippen LogP) is 4.48. The van der Waals surface area contributed by atoms with E-state index in [1.807, 2.05) is 7.05 Å². The lowest BCUT2D eigenvalue weighted by molar-refractivity contribution is 0.625. The highest BCUT2D eigenvalue weighted by atomic mass is 79.9. The van der Waals surface area contributed by atoms with Crippen LogP contribution >= 0.6 is 15.9 Å². The van der Waals surface area contributed by atoms with E-state index in [-0.39, 0.29) is 0 Å². The Morgan fingerprint density at radius 2 is 1.95 bits per heavy atom. The van der Waals surface area contributed by atoms with Crippen LogP contribution in [0.15, 0.2) is 46.9 Å². The first-order valence-electron chi connectivity index (χ1n) is 7.77. The minimum absolute atomic E-state index is 0.520. The molecule has 2 aromatic rings. The fourth-order valence-electron chi connectivity index (χ4n) is 3.35. The first-order valence-corrected chi connectivity index (χ1v) is 8.56. The summed E-state index contributed by atoms with van der Waals surface area (Å²) in [7, 11) is 2.04. The lowest BCUT2D eigenvalue weighted by atomic mass is 9.91. The Labute approximate surface area is 135 Å². The molecule has 0 fully saturated rings. The molecule has 1 aliphatic carbocycles. The molecule has 0 aliphatic heterocycles. The van der Waals surface area contributed by atoms with Gasteiger partial charge in [-0.05, 0) is 67.1 Å². The molecule has 2 heteroatoms. The molecule has 0 saturated heterocycles. The van der Waals surface area contributed by atoms with Gasteiger partial charge in [0.15, 0.2) is 0 Å². The zero-order valence-electron chi connectivity index (χ0n) is 12.5. The van der Waals surface area contributed by atoms with Crippen molar-refractivity contribution in [3.63, 3.8) is 0 Å². The van der Waals surface area contributed by atoms with Crippen molar-refractivity contribution in [1.82, 2.24) is 5.32 Å². The molecule has 2 aromatic carbocycles. The molecule has 1 unspecified atom stereocenters. The number of halogens is 1. The van der Waals surface area contributed by atoms with Gasteiger partial charge in [0.05, 0.1) is 0 Å². The van der Waals surface area contributed by atoms with Gasteiger partial charge in [0.1, 0.15) is 0 Å². The van der Waals surface area contributed by atoms with E-state index < -0.39 is 0 Å². The third-order valence-corrected chi connectivity index (χ3v) is 4.91. The lowest BCUT2D eigenvalue weighted by Crippen LogP contribution is -2.19. The molecule has 0 heterocycles. The van der Waals surface area contributed by atoms with Gasteiger partial charge < -0.3 is 5.32 Å². The zero-order chi connectivity index (χ0) is 14.7. The number of hydrogen-bond donors (Lipinski definition) is 1. The van der Waals surface area contributed by atoms with Crippen LogP contribution < -0.4 is 5.32 Å². The Morgan fingerprint density at radius 1 is 1.10 bits per heavy atom. The number of fused-ring (bicyclic) bond motifs is 1. The van der Waals surface area contributed by atoms with Crippen LogP contribution in [-0.4, -0.2) is 13.6 Å². The Hall–Kier alpha value is -1.12. The minimum atomic E-state index is 0.520. The van der Waals surface area contributed by atoms with E-state index in [1.165, 1.54) is 30.4 Å². The van der Waals surface area contributed by atoms with E-state index in [1.54, 1.807) is 11.1 Å². The summed E-state index contributed by atoms with van der Waals surface area (Å²) >= 11 is 3.59.